The number of hydrogen-bond acceptors (Lipinski definition) is 5. The zero-order valence-electron chi connectivity index (χ0n) is 13.3. The second kappa shape index (κ2) is 6.80. The van der Waals surface area contributed by atoms with Crippen LogP contribution in [-0.2, 0) is 0 Å². The van der Waals surface area contributed by atoms with Crippen molar-refractivity contribution >= 4 is 11.8 Å². The molecule has 2 aromatic rings. The van der Waals surface area contributed by atoms with Gasteiger partial charge in [0.15, 0.2) is 5.78 Å². The van der Waals surface area contributed by atoms with Crippen LogP contribution in [0.5, 0.6) is 5.88 Å². The van der Waals surface area contributed by atoms with E-state index < -0.39 is 5.97 Å². The third-order valence-corrected chi connectivity index (χ3v) is 4.21. The summed E-state index contributed by atoms with van der Waals surface area (Å²) in [5.41, 5.74) is 1.84. The van der Waals surface area contributed by atoms with Gasteiger partial charge in [0.1, 0.15) is 5.56 Å². The van der Waals surface area contributed by atoms with Crippen LogP contribution in [0.3, 0.4) is 0 Å². The number of rotatable bonds is 5. The van der Waals surface area contributed by atoms with Gasteiger partial charge in [0.25, 0.3) is 0 Å². The SMILES string of the molecule is COc1ncc(-c2ccccc2C(=O)C2CCNC2)cc1C(=O)O. The number of aromatic nitrogens is 1. The lowest BCUT2D eigenvalue weighted by atomic mass is 9.90. The van der Waals surface area contributed by atoms with Crippen molar-refractivity contribution < 1.29 is 19.4 Å². The third-order valence-electron chi connectivity index (χ3n) is 4.21. The minimum atomic E-state index is -1.12. The van der Waals surface area contributed by atoms with Crippen LogP contribution >= 0.6 is 0 Å². The van der Waals surface area contributed by atoms with Crippen LogP contribution < -0.4 is 10.1 Å². The van der Waals surface area contributed by atoms with E-state index in [1.165, 1.54) is 19.4 Å². The van der Waals surface area contributed by atoms with Gasteiger partial charge in [-0.1, -0.05) is 24.3 Å². The molecule has 0 spiro atoms. The van der Waals surface area contributed by atoms with Crippen LogP contribution in [0.15, 0.2) is 36.5 Å². The number of nitrogens with zero attached hydrogens (tertiary/aromatic N) is 1. The molecule has 6 nitrogen and oxygen atoms in total. The molecule has 2 N–H and O–H groups in total. The highest BCUT2D eigenvalue weighted by molar-refractivity contribution is 6.04. The number of carboxylic acids is 1. The molecule has 0 amide bonds. The van der Waals surface area contributed by atoms with E-state index in [9.17, 15) is 14.7 Å². The summed E-state index contributed by atoms with van der Waals surface area (Å²) in [6, 6.07) is 8.72. The summed E-state index contributed by atoms with van der Waals surface area (Å²) in [5.74, 6) is -1.04. The van der Waals surface area contributed by atoms with E-state index in [1.807, 2.05) is 18.2 Å². The van der Waals surface area contributed by atoms with Gasteiger partial charge in [0.2, 0.25) is 5.88 Å². The number of nitrogens with one attached hydrogen (secondary N) is 1. The van der Waals surface area contributed by atoms with Crippen molar-refractivity contribution in [2.75, 3.05) is 20.2 Å². The highest BCUT2D eigenvalue weighted by atomic mass is 16.5. The molecule has 6 heteroatoms. The Bertz CT molecular complexity index is 782. The van der Waals surface area contributed by atoms with Gasteiger partial charge in [-0.25, -0.2) is 9.78 Å². The van der Waals surface area contributed by atoms with Gasteiger partial charge in [0, 0.05) is 29.8 Å². The lowest BCUT2D eigenvalue weighted by molar-refractivity contribution is 0.0692. The van der Waals surface area contributed by atoms with E-state index in [0.29, 0.717) is 23.2 Å². The molecule has 1 aliphatic heterocycles. The molecule has 3 rings (SSSR count). The molecular formula is C18H18N2O4. The van der Waals surface area contributed by atoms with Crippen molar-refractivity contribution in [2.24, 2.45) is 5.92 Å². The van der Waals surface area contributed by atoms with Gasteiger partial charge in [-0.05, 0) is 24.6 Å². The molecule has 1 saturated heterocycles. The normalized spacial score (nSPS) is 16.8. The molecular weight excluding hydrogens is 308 g/mol. The second-order valence-electron chi connectivity index (χ2n) is 5.69. The molecule has 0 bridgehead atoms. The first-order chi connectivity index (χ1) is 11.6. The van der Waals surface area contributed by atoms with Gasteiger partial charge in [0.05, 0.1) is 7.11 Å². The molecule has 24 heavy (non-hydrogen) atoms. The Hall–Kier alpha value is -2.73. The smallest absolute Gasteiger partial charge is 0.341 e. The number of carbonyl (C=O) groups is 2. The number of carboxylic acid groups (broad SMARTS) is 1. The van der Waals surface area contributed by atoms with Crippen LogP contribution in [0.1, 0.15) is 27.1 Å². The Kier molecular flexibility index (Phi) is 4.57. The largest absolute Gasteiger partial charge is 0.480 e. The summed E-state index contributed by atoms with van der Waals surface area (Å²) in [5, 5.41) is 12.5. The van der Waals surface area contributed by atoms with Crippen molar-refractivity contribution in [1.82, 2.24) is 10.3 Å². The highest BCUT2D eigenvalue weighted by Gasteiger charge is 2.26. The quantitative estimate of drug-likeness (QED) is 0.819. The van der Waals surface area contributed by atoms with Crippen molar-refractivity contribution in [3.05, 3.63) is 47.7 Å². The summed E-state index contributed by atoms with van der Waals surface area (Å²) in [4.78, 5) is 28.2. The van der Waals surface area contributed by atoms with Gasteiger partial charge < -0.3 is 15.2 Å². The minimum Gasteiger partial charge on any atom is -0.480 e. The fourth-order valence-electron chi connectivity index (χ4n) is 2.96. The Morgan fingerprint density at radius 3 is 2.75 bits per heavy atom. The fraction of sp³-hybridized carbons (Fsp3) is 0.278. The first-order valence-corrected chi connectivity index (χ1v) is 7.73. The topological polar surface area (TPSA) is 88.5 Å². The van der Waals surface area contributed by atoms with E-state index in [4.69, 9.17) is 4.74 Å². The summed E-state index contributed by atoms with van der Waals surface area (Å²) in [7, 11) is 1.37. The molecule has 1 fully saturated rings. The standard InChI is InChI=1S/C18H18N2O4/c1-24-17-15(18(22)23)8-12(10-20-17)13-4-2-3-5-14(13)16(21)11-6-7-19-9-11/h2-5,8,10-11,19H,6-7,9H2,1H3,(H,22,23). The number of methoxy groups -OCH3 is 1. The molecule has 1 aromatic heterocycles. The lowest BCUT2D eigenvalue weighted by Gasteiger charge is -2.13. The molecule has 2 heterocycles. The van der Waals surface area contributed by atoms with Crippen molar-refractivity contribution in [3.63, 3.8) is 0 Å². The molecule has 0 radical (unpaired) electrons. The third kappa shape index (κ3) is 3.00. The van der Waals surface area contributed by atoms with Crippen LogP contribution in [0.25, 0.3) is 11.1 Å². The molecule has 124 valence electrons. The first kappa shape index (κ1) is 16.1. The van der Waals surface area contributed by atoms with E-state index >= 15 is 0 Å². The predicted molar refractivity (Wildman–Crippen MR) is 88.5 cm³/mol. The monoisotopic (exact) mass is 326 g/mol. The number of carbonyl (C=O) groups excluding carboxylic acids is 1. The van der Waals surface area contributed by atoms with E-state index in [1.54, 1.807) is 6.07 Å². The lowest BCUT2D eigenvalue weighted by Crippen LogP contribution is -2.18. The maximum absolute atomic E-state index is 12.8. The fourth-order valence-corrected chi connectivity index (χ4v) is 2.96. The Balaban J connectivity index is 2.05. The average molecular weight is 326 g/mol. The van der Waals surface area contributed by atoms with Crippen LogP contribution in [0.4, 0.5) is 0 Å². The highest BCUT2D eigenvalue weighted by Crippen LogP contribution is 2.29. The predicted octanol–water partition coefficient (Wildman–Crippen LogP) is 2.25. The number of benzene rings is 1. The van der Waals surface area contributed by atoms with E-state index in [-0.39, 0.29) is 23.1 Å². The zero-order chi connectivity index (χ0) is 17.1. The summed E-state index contributed by atoms with van der Waals surface area (Å²) < 4.78 is 4.99. The van der Waals surface area contributed by atoms with E-state index in [2.05, 4.69) is 10.3 Å². The number of ether oxygens (including phenoxy) is 1. The first-order valence-electron chi connectivity index (χ1n) is 7.73. The van der Waals surface area contributed by atoms with Crippen LogP contribution in [0.2, 0.25) is 0 Å². The second-order valence-corrected chi connectivity index (χ2v) is 5.69. The number of pyridine rings is 1. The number of hydrogen-bond donors (Lipinski definition) is 2. The average Bonchev–Trinajstić information content (AvgIpc) is 3.15. The molecule has 1 unspecified atom stereocenters. The Morgan fingerprint density at radius 2 is 2.08 bits per heavy atom. The molecule has 1 aromatic carbocycles. The van der Waals surface area contributed by atoms with Crippen molar-refractivity contribution in [3.8, 4) is 17.0 Å². The maximum atomic E-state index is 12.8. The summed E-state index contributed by atoms with van der Waals surface area (Å²) >= 11 is 0. The van der Waals surface area contributed by atoms with Crippen LogP contribution in [0, 0.1) is 5.92 Å². The van der Waals surface area contributed by atoms with Gasteiger partial charge in [-0.2, -0.15) is 0 Å². The number of Topliss-reactive ketones (excluding diaryl/α,β-unsaturated/α-hetero) is 1. The van der Waals surface area contributed by atoms with Gasteiger partial charge >= 0.3 is 5.97 Å². The molecule has 0 aliphatic carbocycles. The number of ketones is 1. The van der Waals surface area contributed by atoms with Crippen molar-refractivity contribution in [2.45, 2.75) is 6.42 Å². The zero-order valence-corrected chi connectivity index (χ0v) is 13.3. The number of aromatic carboxylic acids is 1. The van der Waals surface area contributed by atoms with Crippen molar-refractivity contribution in [1.29, 1.82) is 0 Å². The van der Waals surface area contributed by atoms with Gasteiger partial charge in [-0.3, -0.25) is 4.79 Å². The molecule has 1 aliphatic rings. The minimum absolute atomic E-state index is 0.0280. The molecule has 1 atom stereocenters. The van der Waals surface area contributed by atoms with Crippen LogP contribution in [-0.4, -0.2) is 42.0 Å². The van der Waals surface area contributed by atoms with Gasteiger partial charge in [-0.15, -0.1) is 0 Å². The maximum Gasteiger partial charge on any atom is 0.341 e. The summed E-state index contributed by atoms with van der Waals surface area (Å²) in [6.07, 6.45) is 2.35. The summed E-state index contributed by atoms with van der Waals surface area (Å²) in [6.45, 7) is 1.51. The van der Waals surface area contributed by atoms with E-state index in [0.717, 1.165) is 13.0 Å². The molecule has 0 saturated carbocycles. The Morgan fingerprint density at radius 1 is 1.29 bits per heavy atom. The Labute approximate surface area is 139 Å².